The first-order valence-corrected chi connectivity index (χ1v) is 8.96. The summed E-state index contributed by atoms with van der Waals surface area (Å²) < 4.78 is 40.6. The lowest BCUT2D eigenvalue weighted by molar-refractivity contribution is 0.418. The van der Waals surface area contributed by atoms with E-state index < -0.39 is 20.7 Å². The second-order valence-corrected chi connectivity index (χ2v) is 7.26. The van der Waals surface area contributed by atoms with Crippen molar-refractivity contribution in [2.75, 3.05) is 19.6 Å². The number of hydrogen-bond acceptors (Lipinski definition) is 3. The molecule has 0 heterocycles. The van der Waals surface area contributed by atoms with Crippen LogP contribution in [0.2, 0.25) is 5.02 Å². The topological polar surface area (TPSA) is 63.4 Å². The third-order valence-corrected chi connectivity index (χ3v) is 5.79. The van der Waals surface area contributed by atoms with Gasteiger partial charge in [0.2, 0.25) is 10.0 Å². The van der Waals surface area contributed by atoms with Crippen LogP contribution in [0.3, 0.4) is 0 Å². The first-order valence-electron chi connectivity index (χ1n) is 7.15. The van der Waals surface area contributed by atoms with Crippen LogP contribution in [0.25, 0.3) is 0 Å². The molecule has 0 amide bonds. The predicted molar refractivity (Wildman–Crippen MR) is 89.4 cm³/mol. The molecule has 0 saturated heterocycles. The van der Waals surface area contributed by atoms with Crippen molar-refractivity contribution in [3.8, 4) is 0 Å². The van der Waals surface area contributed by atoms with Gasteiger partial charge in [-0.05, 0) is 24.1 Å². The fourth-order valence-corrected chi connectivity index (χ4v) is 4.27. The third kappa shape index (κ3) is 4.29. The minimum atomic E-state index is -4.05. The molecule has 0 radical (unpaired) electrons. The summed E-state index contributed by atoms with van der Waals surface area (Å²) in [7, 11) is -4.05. The molecule has 0 spiro atoms. The van der Waals surface area contributed by atoms with Gasteiger partial charge >= 0.3 is 0 Å². The molecule has 0 aliphatic heterocycles. The van der Waals surface area contributed by atoms with Crippen LogP contribution in [0.1, 0.15) is 5.56 Å². The lowest BCUT2D eigenvalue weighted by Gasteiger charge is -2.22. The smallest absolute Gasteiger partial charge is 0.247 e. The van der Waals surface area contributed by atoms with Crippen molar-refractivity contribution in [3.05, 3.63) is 64.9 Å². The van der Waals surface area contributed by atoms with E-state index in [0.717, 1.165) is 11.6 Å². The molecule has 2 aromatic carbocycles. The monoisotopic (exact) mass is 356 g/mol. The van der Waals surface area contributed by atoms with Crippen molar-refractivity contribution in [2.45, 2.75) is 11.3 Å². The maximum absolute atomic E-state index is 14.0. The summed E-state index contributed by atoms with van der Waals surface area (Å²) in [6, 6.07) is 13.3. The zero-order valence-electron chi connectivity index (χ0n) is 12.5. The normalized spacial score (nSPS) is 11.8. The summed E-state index contributed by atoms with van der Waals surface area (Å²) >= 11 is 5.90. The van der Waals surface area contributed by atoms with Gasteiger partial charge in [0.1, 0.15) is 10.7 Å². The van der Waals surface area contributed by atoms with Crippen molar-refractivity contribution >= 4 is 21.6 Å². The Morgan fingerprint density at radius 2 is 1.74 bits per heavy atom. The molecule has 0 fully saturated rings. The van der Waals surface area contributed by atoms with Crippen LogP contribution in [0.4, 0.5) is 4.39 Å². The molecule has 0 bridgehead atoms. The van der Waals surface area contributed by atoms with E-state index >= 15 is 0 Å². The molecule has 0 saturated carbocycles. The van der Waals surface area contributed by atoms with Gasteiger partial charge in [-0.3, -0.25) is 0 Å². The van der Waals surface area contributed by atoms with Crippen LogP contribution in [0.15, 0.2) is 53.4 Å². The Labute approximate surface area is 140 Å². The van der Waals surface area contributed by atoms with Crippen molar-refractivity contribution in [1.82, 2.24) is 4.31 Å². The van der Waals surface area contributed by atoms with Gasteiger partial charge < -0.3 is 5.73 Å². The zero-order valence-corrected chi connectivity index (χ0v) is 14.0. The Bertz CT molecular complexity index is 734. The van der Waals surface area contributed by atoms with Gasteiger partial charge in [-0.15, -0.1) is 0 Å². The summed E-state index contributed by atoms with van der Waals surface area (Å²) in [6.45, 7) is 0.439. The highest BCUT2D eigenvalue weighted by Gasteiger charge is 2.29. The van der Waals surface area contributed by atoms with Gasteiger partial charge in [-0.2, -0.15) is 4.31 Å². The largest absolute Gasteiger partial charge is 0.329 e. The van der Waals surface area contributed by atoms with Crippen LogP contribution < -0.4 is 5.73 Å². The number of halogens is 2. The molecule has 0 aliphatic rings. The lowest BCUT2D eigenvalue weighted by Crippen LogP contribution is -2.37. The van der Waals surface area contributed by atoms with Gasteiger partial charge in [-0.1, -0.05) is 48.0 Å². The average molecular weight is 357 g/mol. The molecule has 124 valence electrons. The van der Waals surface area contributed by atoms with Gasteiger partial charge in [0.05, 0.1) is 5.02 Å². The molecular weight excluding hydrogens is 339 g/mol. The highest BCUT2D eigenvalue weighted by atomic mass is 35.5. The Balaban J connectivity index is 2.28. The van der Waals surface area contributed by atoms with Crippen LogP contribution in [-0.4, -0.2) is 32.4 Å². The zero-order chi connectivity index (χ0) is 16.9. The minimum absolute atomic E-state index is 0.0971. The molecule has 0 unspecified atom stereocenters. The molecule has 2 aromatic rings. The quantitative estimate of drug-likeness (QED) is 0.829. The maximum atomic E-state index is 14.0. The van der Waals surface area contributed by atoms with E-state index in [-0.39, 0.29) is 24.7 Å². The second kappa shape index (κ2) is 7.88. The molecule has 7 heteroatoms. The van der Waals surface area contributed by atoms with Crippen LogP contribution in [-0.2, 0) is 16.4 Å². The number of hydrogen-bond donors (Lipinski definition) is 1. The van der Waals surface area contributed by atoms with Crippen LogP contribution in [0, 0.1) is 5.82 Å². The molecule has 0 atom stereocenters. The first-order chi connectivity index (χ1) is 11.0. The molecule has 2 N–H and O–H groups in total. The van der Waals surface area contributed by atoms with E-state index in [1.807, 2.05) is 30.3 Å². The van der Waals surface area contributed by atoms with E-state index in [9.17, 15) is 12.8 Å². The van der Waals surface area contributed by atoms with Crippen molar-refractivity contribution in [1.29, 1.82) is 0 Å². The number of nitrogens with two attached hydrogens (primary N) is 1. The fraction of sp³-hybridized carbons (Fsp3) is 0.250. The number of nitrogens with zero attached hydrogens (tertiary/aromatic N) is 1. The van der Waals surface area contributed by atoms with E-state index in [1.54, 1.807) is 0 Å². The number of benzene rings is 2. The molecule has 23 heavy (non-hydrogen) atoms. The first kappa shape index (κ1) is 17.9. The van der Waals surface area contributed by atoms with Gasteiger partial charge in [0, 0.05) is 19.6 Å². The van der Waals surface area contributed by atoms with E-state index in [1.165, 1.54) is 16.4 Å². The molecule has 4 nitrogen and oxygen atoms in total. The summed E-state index contributed by atoms with van der Waals surface area (Å²) in [5.41, 5.74) is 6.51. The molecular formula is C16H18ClFN2O2S. The SMILES string of the molecule is NCCN(CCc1ccccc1)S(=O)(=O)c1c(F)cccc1Cl. The predicted octanol–water partition coefficient (Wildman–Crippen LogP) is 2.67. The molecule has 2 rings (SSSR count). The summed E-state index contributed by atoms with van der Waals surface area (Å²) in [6.07, 6.45) is 0.506. The Morgan fingerprint density at radius 3 is 2.35 bits per heavy atom. The van der Waals surface area contributed by atoms with Crippen molar-refractivity contribution in [3.63, 3.8) is 0 Å². The number of sulfonamides is 1. The van der Waals surface area contributed by atoms with E-state index in [4.69, 9.17) is 17.3 Å². The summed E-state index contributed by atoms with van der Waals surface area (Å²) in [4.78, 5) is -0.497. The standard InChI is InChI=1S/C16H18ClFN2O2S/c17-14-7-4-8-15(18)16(14)23(21,22)20(12-10-19)11-9-13-5-2-1-3-6-13/h1-8H,9-12,19H2. The van der Waals surface area contributed by atoms with Crippen molar-refractivity contribution in [2.24, 2.45) is 5.73 Å². The highest BCUT2D eigenvalue weighted by molar-refractivity contribution is 7.89. The van der Waals surface area contributed by atoms with Crippen LogP contribution in [0.5, 0.6) is 0 Å². The number of rotatable bonds is 7. The highest BCUT2D eigenvalue weighted by Crippen LogP contribution is 2.27. The van der Waals surface area contributed by atoms with Crippen LogP contribution >= 0.6 is 11.6 Å². The Kier molecular flexibility index (Phi) is 6.12. The van der Waals surface area contributed by atoms with Gasteiger partial charge in [0.15, 0.2) is 0 Å². The van der Waals surface area contributed by atoms with Gasteiger partial charge in [0.25, 0.3) is 0 Å². The third-order valence-electron chi connectivity index (χ3n) is 3.39. The van der Waals surface area contributed by atoms with E-state index in [2.05, 4.69) is 0 Å². The average Bonchev–Trinajstić information content (AvgIpc) is 2.52. The Hall–Kier alpha value is -1.47. The lowest BCUT2D eigenvalue weighted by atomic mass is 10.1. The van der Waals surface area contributed by atoms with Crippen molar-refractivity contribution < 1.29 is 12.8 Å². The molecule has 0 aliphatic carbocycles. The summed E-state index contributed by atoms with van der Waals surface area (Å²) in [5.74, 6) is -0.862. The maximum Gasteiger partial charge on any atom is 0.247 e. The molecule has 0 aromatic heterocycles. The van der Waals surface area contributed by atoms with Gasteiger partial charge in [-0.25, -0.2) is 12.8 Å². The Morgan fingerprint density at radius 1 is 1.04 bits per heavy atom. The summed E-state index contributed by atoms with van der Waals surface area (Å²) in [5, 5.41) is -0.133. The fourth-order valence-electron chi connectivity index (χ4n) is 2.25. The minimum Gasteiger partial charge on any atom is -0.329 e. The van der Waals surface area contributed by atoms with E-state index in [0.29, 0.717) is 6.42 Å². The second-order valence-electron chi connectivity index (χ2n) is 4.98.